The van der Waals surface area contributed by atoms with Crippen LogP contribution in [0.5, 0.6) is 0 Å². The number of hydrogen-bond donors (Lipinski definition) is 0. The van der Waals surface area contributed by atoms with Crippen LogP contribution in [0.4, 0.5) is 16.2 Å². The first kappa shape index (κ1) is 13.0. The van der Waals surface area contributed by atoms with Crippen molar-refractivity contribution in [2.45, 2.75) is 12.8 Å². The molecule has 1 aromatic heterocycles. The number of Topliss-reactive ketones (excluding diaryl/α,β-unsaturated/α-hetero) is 1. The molecule has 0 N–H and O–H groups in total. The molecule has 2 amide bonds. The van der Waals surface area contributed by atoms with Crippen LogP contribution in [0.1, 0.15) is 22.3 Å². The maximum absolute atomic E-state index is 12.6. The number of pyridine rings is 1. The van der Waals surface area contributed by atoms with Gasteiger partial charge in [-0.15, -0.1) is 0 Å². The molecular formula is C17H15N3O2. The summed E-state index contributed by atoms with van der Waals surface area (Å²) in [6, 6.07) is 9.36. The van der Waals surface area contributed by atoms with Crippen LogP contribution in [0.2, 0.25) is 0 Å². The number of ketones is 1. The zero-order chi connectivity index (χ0) is 15.1. The maximum Gasteiger partial charge on any atom is 0.329 e. The highest BCUT2D eigenvalue weighted by atomic mass is 16.2. The molecule has 1 fully saturated rings. The van der Waals surface area contributed by atoms with Crippen LogP contribution in [-0.4, -0.2) is 29.9 Å². The molecule has 1 aliphatic heterocycles. The molecule has 4 rings (SSSR count). The predicted molar refractivity (Wildman–Crippen MR) is 83.4 cm³/mol. The zero-order valence-corrected chi connectivity index (χ0v) is 12.0. The predicted octanol–water partition coefficient (Wildman–Crippen LogP) is 2.66. The summed E-state index contributed by atoms with van der Waals surface area (Å²) in [7, 11) is 0. The summed E-state index contributed by atoms with van der Waals surface area (Å²) in [6.07, 6.45) is 4.74. The summed E-state index contributed by atoms with van der Waals surface area (Å²) >= 11 is 0. The van der Waals surface area contributed by atoms with Gasteiger partial charge in [0, 0.05) is 37.0 Å². The molecule has 1 aliphatic carbocycles. The minimum absolute atomic E-state index is 0.0442. The van der Waals surface area contributed by atoms with Gasteiger partial charge in [-0.25, -0.2) is 4.79 Å². The standard InChI is InChI=1S/C17H15N3O2/c21-16-6-3-12-10-13(4-5-15(12)16)19-8-9-20(17(19)22)14-2-1-7-18-11-14/h1-2,4-5,7,10-11H,3,6,8-9H2. The van der Waals surface area contributed by atoms with Gasteiger partial charge in [-0.2, -0.15) is 0 Å². The van der Waals surface area contributed by atoms with Gasteiger partial charge in [0.2, 0.25) is 0 Å². The number of amides is 2. The van der Waals surface area contributed by atoms with Crippen molar-refractivity contribution >= 4 is 23.2 Å². The van der Waals surface area contributed by atoms with E-state index in [9.17, 15) is 9.59 Å². The Labute approximate surface area is 128 Å². The van der Waals surface area contributed by atoms with E-state index in [1.165, 1.54) is 0 Å². The Kier molecular flexibility index (Phi) is 2.92. The Hall–Kier alpha value is -2.69. The Balaban J connectivity index is 1.62. The Morgan fingerprint density at radius 1 is 0.955 bits per heavy atom. The maximum atomic E-state index is 12.6. The molecule has 0 spiro atoms. The first-order chi connectivity index (χ1) is 10.7. The normalized spacial score (nSPS) is 17.3. The van der Waals surface area contributed by atoms with E-state index >= 15 is 0 Å². The second-order valence-electron chi connectivity index (χ2n) is 5.56. The molecule has 0 saturated carbocycles. The van der Waals surface area contributed by atoms with Crippen LogP contribution in [0.25, 0.3) is 0 Å². The molecule has 5 nitrogen and oxygen atoms in total. The molecule has 0 bridgehead atoms. The third-order valence-electron chi connectivity index (χ3n) is 4.29. The van der Waals surface area contributed by atoms with Gasteiger partial charge in [0.1, 0.15) is 0 Å². The molecular weight excluding hydrogens is 278 g/mol. The summed E-state index contributed by atoms with van der Waals surface area (Å²) in [6.45, 7) is 1.28. The van der Waals surface area contributed by atoms with E-state index in [4.69, 9.17) is 0 Å². The summed E-state index contributed by atoms with van der Waals surface area (Å²) in [5.74, 6) is 0.200. The number of aryl methyl sites for hydroxylation is 1. The number of hydrogen-bond acceptors (Lipinski definition) is 3. The topological polar surface area (TPSA) is 53.5 Å². The molecule has 0 atom stereocenters. The van der Waals surface area contributed by atoms with Crippen molar-refractivity contribution in [1.29, 1.82) is 0 Å². The van der Waals surface area contributed by atoms with Gasteiger partial charge in [-0.05, 0) is 42.3 Å². The average Bonchev–Trinajstić information content (AvgIpc) is 3.11. The number of carbonyl (C=O) groups excluding carboxylic acids is 2. The van der Waals surface area contributed by atoms with Crippen molar-refractivity contribution in [3.05, 3.63) is 53.9 Å². The summed E-state index contributed by atoms with van der Waals surface area (Å²) in [4.78, 5) is 31.9. The number of benzene rings is 1. The van der Waals surface area contributed by atoms with Gasteiger partial charge in [-0.3, -0.25) is 19.6 Å². The highest BCUT2D eigenvalue weighted by molar-refractivity contribution is 6.07. The molecule has 2 aliphatic rings. The van der Waals surface area contributed by atoms with Crippen molar-refractivity contribution in [1.82, 2.24) is 4.98 Å². The minimum Gasteiger partial charge on any atom is -0.294 e. The lowest BCUT2D eigenvalue weighted by Crippen LogP contribution is -2.31. The SMILES string of the molecule is O=C1CCc2cc(N3CCN(c4cccnc4)C3=O)ccc21. The lowest BCUT2D eigenvalue weighted by atomic mass is 10.1. The smallest absolute Gasteiger partial charge is 0.294 e. The zero-order valence-electron chi connectivity index (χ0n) is 12.0. The van der Waals surface area contributed by atoms with Gasteiger partial charge >= 0.3 is 6.03 Å². The monoisotopic (exact) mass is 293 g/mol. The Bertz CT molecular complexity index is 758. The molecule has 1 aromatic carbocycles. The van der Waals surface area contributed by atoms with Crippen LogP contribution in [-0.2, 0) is 6.42 Å². The number of aromatic nitrogens is 1. The molecule has 2 aromatic rings. The quantitative estimate of drug-likeness (QED) is 0.855. The van der Waals surface area contributed by atoms with Crippen LogP contribution in [0.15, 0.2) is 42.7 Å². The second kappa shape index (κ2) is 4.94. The van der Waals surface area contributed by atoms with E-state index in [2.05, 4.69) is 4.98 Å². The average molecular weight is 293 g/mol. The van der Waals surface area contributed by atoms with E-state index in [1.807, 2.05) is 30.3 Å². The highest BCUT2D eigenvalue weighted by Crippen LogP contribution is 2.29. The van der Waals surface area contributed by atoms with Crippen LogP contribution < -0.4 is 9.80 Å². The fraction of sp³-hybridized carbons (Fsp3) is 0.235. The molecule has 0 unspecified atom stereocenters. The summed E-state index contributed by atoms with van der Waals surface area (Å²) < 4.78 is 0. The lowest BCUT2D eigenvalue weighted by Gasteiger charge is -2.19. The van der Waals surface area contributed by atoms with Crippen molar-refractivity contribution in [3.63, 3.8) is 0 Å². The first-order valence-corrected chi connectivity index (χ1v) is 7.39. The molecule has 0 radical (unpaired) electrons. The largest absolute Gasteiger partial charge is 0.329 e. The van der Waals surface area contributed by atoms with Gasteiger partial charge in [0.15, 0.2) is 5.78 Å². The van der Waals surface area contributed by atoms with Gasteiger partial charge in [0.25, 0.3) is 0 Å². The van der Waals surface area contributed by atoms with Crippen molar-refractivity contribution in [2.24, 2.45) is 0 Å². The number of carbonyl (C=O) groups is 2. The number of fused-ring (bicyclic) bond motifs is 1. The molecule has 2 heterocycles. The van der Waals surface area contributed by atoms with E-state index in [1.54, 1.807) is 22.2 Å². The fourth-order valence-electron chi connectivity index (χ4n) is 3.14. The van der Waals surface area contributed by atoms with E-state index in [-0.39, 0.29) is 11.8 Å². The van der Waals surface area contributed by atoms with Gasteiger partial charge < -0.3 is 0 Å². The number of rotatable bonds is 2. The highest BCUT2D eigenvalue weighted by Gasteiger charge is 2.31. The van der Waals surface area contributed by atoms with E-state index < -0.39 is 0 Å². The number of nitrogens with zero attached hydrogens (tertiary/aromatic N) is 3. The first-order valence-electron chi connectivity index (χ1n) is 7.39. The summed E-state index contributed by atoms with van der Waals surface area (Å²) in [5, 5.41) is 0. The Morgan fingerprint density at radius 2 is 1.77 bits per heavy atom. The molecule has 1 saturated heterocycles. The molecule has 110 valence electrons. The third kappa shape index (κ3) is 1.97. The van der Waals surface area contributed by atoms with Crippen LogP contribution in [0.3, 0.4) is 0 Å². The van der Waals surface area contributed by atoms with Crippen LogP contribution >= 0.6 is 0 Å². The lowest BCUT2D eigenvalue weighted by molar-refractivity contribution is 0.0994. The van der Waals surface area contributed by atoms with Crippen molar-refractivity contribution < 1.29 is 9.59 Å². The van der Waals surface area contributed by atoms with Crippen LogP contribution in [0, 0.1) is 0 Å². The van der Waals surface area contributed by atoms with Gasteiger partial charge in [0.05, 0.1) is 11.9 Å². The van der Waals surface area contributed by atoms with Gasteiger partial charge in [-0.1, -0.05) is 0 Å². The van der Waals surface area contributed by atoms with Crippen molar-refractivity contribution in [3.8, 4) is 0 Å². The molecule has 5 heteroatoms. The van der Waals surface area contributed by atoms with E-state index in [0.717, 1.165) is 28.9 Å². The fourth-order valence-corrected chi connectivity index (χ4v) is 3.14. The second-order valence-corrected chi connectivity index (χ2v) is 5.56. The number of anilines is 2. The number of urea groups is 1. The molecule has 22 heavy (non-hydrogen) atoms. The summed E-state index contributed by atoms with van der Waals surface area (Å²) in [5.41, 5.74) is 3.53. The van der Waals surface area contributed by atoms with E-state index in [0.29, 0.717) is 19.5 Å². The minimum atomic E-state index is -0.0442. The Morgan fingerprint density at radius 3 is 2.55 bits per heavy atom. The van der Waals surface area contributed by atoms with Crippen molar-refractivity contribution in [2.75, 3.05) is 22.9 Å². The third-order valence-corrected chi connectivity index (χ3v) is 4.29.